The summed E-state index contributed by atoms with van der Waals surface area (Å²) in [5.41, 5.74) is 3.78. The first-order valence-corrected chi connectivity index (χ1v) is 12.2. The van der Waals surface area contributed by atoms with Crippen molar-refractivity contribution in [2.24, 2.45) is 0 Å². The Morgan fingerprint density at radius 1 is 0.971 bits per heavy atom. The van der Waals surface area contributed by atoms with E-state index in [0.717, 1.165) is 22.2 Å². The van der Waals surface area contributed by atoms with Crippen LogP contribution in [0.2, 0.25) is 0 Å². The minimum Gasteiger partial charge on any atom is -0.490 e. The maximum absolute atomic E-state index is 9.71. The minimum absolute atomic E-state index is 0.433. The number of para-hydroxylation sites is 2. The summed E-state index contributed by atoms with van der Waals surface area (Å²) in [7, 11) is 0. The van der Waals surface area contributed by atoms with Gasteiger partial charge in [-0.1, -0.05) is 60.7 Å². The van der Waals surface area contributed by atoms with Crippen LogP contribution in [0.3, 0.4) is 0 Å². The molecular weight excluding hydrogens is 454 g/mol. The van der Waals surface area contributed by atoms with Crippen LogP contribution < -0.4 is 9.47 Å². The fourth-order valence-electron chi connectivity index (χ4n) is 3.89. The number of nitrogens with zero attached hydrogens (tertiary/aromatic N) is 2. The van der Waals surface area contributed by atoms with Crippen molar-refractivity contribution in [3.8, 4) is 17.6 Å². The van der Waals surface area contributed by atoms with E-state index in [1.165, 1.54) is 22.5 Å². The van der Waals surface area contributed by atoms with Gasteiger partial charge >= 0.3 is 0 Å². The van der Waals surface area contributed by atoms with Gasteiger partial charge in [-0.2, -0.15) is 5.26 Å². The molecule has 0 amide bonds. The number of benzene rings is 4. The van der Waals surface area contributed by atoms with Crippen LogP contribution in [0.25, 0.3) is 27.9 Å². The van der Waals surface area contributed by atoms with Gasteiger partial charge in [-0.25, -0.2) is 4.98 Å². The Kier molecular flexibility index (Phi) is 6.69. The van der Waals surface area contributed by atoms with Crippen molar-refractivity contribution in [3.63, 3.8) is 0 Å². The number of aromatic amines is 1. The van der Waals surface area contributed by atoms with Gasteiger partial charge in [0.15, 0.2) is 16.7 Å². The normalized spacial score (nSPS) is 11.5. The molecule has 35 heavy (non-hydrogen) atoms. The third-order valence-electron chi connectivity index (χ3n) is 5.51. The van der Waals surface area contributed by atoms with Gasteiger partial charge in [0.2, 0.25) is 0 Å². The summed E-state index contributed by atoms with van der Waals surface area (Å²) < 4.78 is 12.0. The van der Waals surface area contributed by atoms with E-state index in [9.17, 15) is 5.26 Å². The van der Waals surface area contributed by atoms with Gasteiger partial charge in [-0.05, 0) is 70.9 Å². The molecule has 0 aliphatic rings. The van der Waals surface area contributed by atoms with Crippen molar-refractivity contribution >= 4 is 39.6 Å². The lowest BCUT2D eigenvalue weighted by molar-refractivity contribution is 0.270. The van der Waals surface area contributed by atoms with Crippen LogP contribution in [-0.2, 0) is 6.61 Å². The van der Waals surface area contributed by atoms with Gasteiger partial charge in [0.1, 0.15) is 12.7 Å². The first-order valence-electron chi connectivity index (χ1n) is 11.3. The smallest absolute Gasteiger partial charge is 0.171 e. The number of hydrogen-bond donors (Lipinski definition) is 1. The van der Waals surface area contributed by atoms with Crippen LogP contribution in [0, 0.1) is 11.3 Å². The summed E-state index contributed by atoms with van der Waals surface area (Å²) in [6.07, 6.45) is 1.83. The van der Waals surface area contributed by atoms with Crippen LogP contribution in [0.4, 0.5) is 0 Å². The predicted octanol–water partition coefficient (Wildman–Crippen LogP) is 7.35. The second kappa shape index (κ2) is 10.4. The third kappa shape index (κ3) is 5.16. The molecule has 1 N–H and O–H groups in total. The zero-order valence-electron chi connectivity index (χ0n) is 19.2. The standard InChI is InChI=1S/C29H23N3O2S/c1-2-33-28-17-20(16-23(18-30)35-29-31-25-12-5-6-13-26(25)32-29)14-15-27(28)34-19-22-10-7-9-21-8-3-4-11-24(21)22/h3-17H,2,19H2,1H3,(H,31,32)/b23-16+. The van der Waals surface area contributed by atoms with Crippen molar-refractivity contribution in [2.75, 3.05) is 6.61 Å². The molecule has 5 nitrogen and oxygen atoms in total. The molecule has 172 valence electrons. The number of nitrogens with one attached hydrogen (secondary N) is 1. The van der Waals surface area contributed by atoms with Gasteiger partial charge in [-0.3, -0.25) is 0 Å². The molecule has 0 unspecified atom stereocenters. The number of fused-ring (bicyclic) bond motifs is 2. The average molecular weight is 478 g/mol. The average Bonchev–Trinajstić information content (AvgIpc) is 3.30. The van der Waals surface area contributed by atoms with Gasteiger partial charge in [0.25, 0.3) is 0 Å². The van der Waals surface area contributed by atoms with Crippen LogP contribution in [-0.4, -0.2) is 16.6 Å². The molecule has 0 spiro atoms. The predicted molar refractivity (Wildman–Crippen MR) is 141 cm³/mol. The molecule has 0 saturated heterocycles. The second-order valence-corrected chi connectivity index (χ2v) is 8.88. The number of imidazole rings is 1. The van der Waals surface area contributed by atoms with Crippen LogP contribution in [0.15, 0.2) is 95.0 Å². The first-order chi connectivity index (χ1) is 17.2. The van der Waals surface area contributed by atoms with Crippen LogP contribution >= 0.6 is 11.8 Å². The quantitative estimate of drug-likeness (QED) is 0.187. The lowest BCUT2D eigenvalue weighted by Gasteiger charge is -2.14. The summed E-state index contributed by atoms with van der Waals surface area (Å²) in [5.74, 6) is 1.31. The number of aromatic nitrogens is 2. The van der Waals surface area contributed by atoms with Gasteiger partial charge < -0.3 is 14.5 Å². The van der Waals surface area contributed by atoms with Gasteiger partial charge in [0.05, 0.1) is 22.5 Å². The molecule has 5 aromatic rings. The monoisotopic (exact) mass is 477 g/mol. The zero-order chi connectivity index (χ0) is 24.0. The fraction of sp³-hybridized carbons (Fsp3) is 0.103. The van der Waals surface area contributed by atoms with Crippen molar-refractivity contribution in [2.45, 2.75) is 18.7 Å². The maximum Gasteiger partial charge on any atom is 0.171 e. The van der Waals surface area contributed by atoms with E-state index >= 15 is 0 Å². The van der Waals surface area contributed by atoms with Crippen molar-refractivity contribution < 1.29 is 9.47 Å². The number of hydrogen-bond acceptors (Lipinski definition) is 5. The van der Waals surface area contributed by atoms with E-state index in [1.54, 1.807) is 0 Å². The number of ether oxygens (including phenoxy) is 2. The van der Waals surface area contributed by atoms with Crippen molar-refractivity contribution in [3.05, 3.63) is 101 Å². The molecule has 0 aliphatic heterocycles. The highest BCUT2D eigenvalue weighted by Crippen LogP contribution is 2.33. The summed E-state index contributed by atoms with van der Waals surface area (Å²) in [6.45, 7) is 2.88. The molecule has 1 aromatic heterocycles. The Hall–Kier alpha value is -4.21. The topological polar surface area (TPSA) is 70.9 Å². The molecule has 5 rings (SSSR count). The summed E-state index contributed by atoms with van der Waals surface area (Å²) in [5, 5.41) is 12.8. The van der Waals surface area contributed by atoms with E-state index in [-0.39, 0.29) is 0 Å². The van der Waals surface area contributed by atoms with Crippen molar-refractivity contribution in [1.82, 2.24) is 9.97 Å². The fourth-order valence-corrected chi connectivity index (χ4v) is 4.65. The van der Waals surface area contributed by atoms with E-state index in [1.807, 2.05) is 73.7 Å². The highest BCUT2D eigenvalue weighted by molar-refractivity contribution is 8.03. The Labute approximate surface area is 208 Å². The molecule has 0 atom stereocenters. The molecule has 0 saturated carbocycles. The second-order valence-electron chi connectivity index (χ2n) is 7.85. The first kappa shape index (κ1) is 22.6. The Bertz CT molecular complexity index is 1530. The van der Waals surface area contributed by atoms with E-state index in [0.29, 0.717) is 34.8 Å². The van der Waals surface area contributed by atoms with Crippen LogP contribution in [0.5, 0.6) is 11.5 Å². The SMILES string of the molecule is CCOc1cc(/C=C(\C#N)Sc2nc3ccccc3[nH]2)ccc1OCc1cccc2ccccc12. The molecule has 0 radical (unpaired) electrons. The van der Waals surface area contributed by atoms with Gasteiger partial charge in [-0.15, -0.1) is 0 Å². The van der Waals surface area contributed by atoms with E-state index in [2.05, 4.69) is 40.3 Å². The zero-order valence-corrected chi connectivity index (χ0v) is 20.0. The minimum atomic E-state index is 0.433. The largest absolute Gasteiger partial charge is 0.490 e. The molecular formula is C29H23N3O2S. The Morgan fingerprint density at radius 2 is 1.80 bits per heavy atom. The summed E-state index contributed by atoms with van der Waals surface area (Å²) in [6, 6.07) is 30.3. The molecule has 1 heterocycles. The number of allylic oxidation sites excluding steroid dienone is 1. The Morgan fingerprint density at radius 3 is 2.66 bits per heavy atom. The number of H-pyrrole nitrogens is 1. The molecule has 6 heteroatoms. The lowest BCUT2D eigenvalue weighted by Crippen LogP contribution is -2.00. The van der Waals surface area contributed by atoms with Crippen LogP contribution in [0.1, 0.15) is 18.1 Å². The molecule has 0 fully saturated rings. The van der Waals surface area contributed by atoms with E-state index < -0.39 is 0 Å². The molecule has 0 bridgehead atoms. The Balaban J connectivity index is 1.36. The van der Waals surface area contributed by atoms with Crippen molar-refractivity contribution in [1.29, 1.82) is 5.26 Å². The highest BCUT2D eigenvalue weighted by Gasteiger charge is 2.10. The third-order valence-corrected chi connectivity index (χ3v) is 6.33. The summed E-state index contributed by atoms with van der Waals surface area (Å²) in [4.78, 5) is 8.32. The lowest BCUT2D eigenvalue weighted by atomic mass is 10.1. The maximum atomic E-state index is 9.71. The van der Waals surface area contributed by atoms with E-state index in [4.69, 9.17) is 9.47 Å². The number of nitriles is 1. The van der Waals surface area contributed by atoms with Gasteiger partial charge in [0, 0.05) is 0 Å². The molecule has 4 aromatic carbocycles. The highest BCUT2D eigenvalue weighted by atomic mass is 32.2. The number of thioether (sulfide) groups is 1. The number of rotatable bonds is 8. The summed E-state index contributed by atoms with van der Waals surface area (Å²) >= 11 is 1.30. The molecule has 0 aliphatic carbocycles.